The van der Waals surface area contributed by atoms with E-state index in [2.05, 4.69) is 13.8 Å². The summed E-state index contributed by atoms with van der Waals surface area (Å²) in [6.07, 6.45) is 2.17. The Morgan fingerprint density at radius 2 is 1.69 bits per heavy atom. The van der Waals surface area contributed by atoms with Gasteiger partial charge in [-0.15, -0.1) is 0 Å². The zero-order valence-corrected chi connectivity index (χ0v) is 11.1. The molecule has 0 aliphatic heterocycles. The Hall–Kier alpha value is -0.600. The molecule has 0 bridgehead atoms. The van der Waals surface area contributed by atoms with E-state index in [0.29, 0.717) is 34.0 Å². The molecule has 0 spiro atoms. The molecule has 2 nitrogen and oxygen atoms in total. The van der Waals surface area contributed by atoms with Gasteiger partial charge in [-0.05, 0) is 18.1 Å². The Bertz CT molecular complexity index is 328. The molecule has 16 heavy (non-hydrogen) atoms. The predicted molar refractivity (Wildman–Crippen MR) is 70.4 cm³/mol. The first-order valence-electron chi connectivity index (χ1n) is 5.45. The number of nitrogen functional groups attached to an aromatic ring is 1. The number of ether oxygens (including phenoxy) is 1. The van der Waals surface area contributed by atoms with E-state index in [1.165, 1.54) is 0 Å². The van der Waals surface area contributed by atoms with E-state index < -0.39 is 0 Å². The van der Waals surface area contributed by atoms with Crippen molar-refractivity contribution in [1.82, 2.24) is 0 Å². The highest BCUT2D eigenvalue weighted by Crippen LogP contribution is 2.35. The fourth-order valence-electron chi connectivity index (χ4n) is 1.44. The Balaban J connectivity index is 2.74. The second-order valence-corrected chi connectivity index (χ2v) is 4.62. The van der Waals surface area contributed by atoms with Gasteiger partial charge in [0.25, 0.3) is 0 Å². The molecule has 0 aliphatic carbocycles. The molecule has 0 unspecified atom stereocenters. The van der Waals surface area contributed by atoms with Crippen molar-refractivity contribution in [3.63, 3.8) is 0 Å². The molecule has 0 fully saturated rings. The predicted octanol–water partition coefficient (Wildman–Crippen LogP) is 4.39. The van der Waals surface area contributed by atoms with E-state index in [9.17, 15) is 0 Å². The highest BCUT2D eigenvalue weighted by Gasteiger charge is 2.11. The van der Waals surface area contributed by atoms with Crippen LogP contribution < -0.4 is 10.5 Å². The van der Waals surface area contributed by atoms with Crippen LogP contribution in [0.15, 0.2) is 12.1 Å². The highest BCUT2D eigenvalue weighted by atomic mass is 35.5. The number of nitrogens with two attached hydrogens (primary N) is 1. The fourth-order valence-corrected chi connectivity index (χ4v) is 2.06. The average molecular weight is 262 g/mol. The Labute approximate surface area is 107 Å². The third-order valence-corrected chi connectivity index (χ3v) is 3.20. The maximum Gasteiger partial charge on any atom is 0.156 e. The minimum atomic E-state index is 0.468. The van der Waals surface area contributed by atoms with Crippen molar-refractivity contribution in [2.75, 3.05) is 12.3 Å². The monoisotopic (exact) mass is 261 g/mol. The van der Waals surface area contributed by atoms with Gasteiger partial charge in [0, 0.05) is 5.69 Å². The van der Waals surface area contributed by atoms with Crippen LogP contribution in [0.25, 0.3) is 0 Å². The van der Waals surface area contributed by atoms with E-state index in [4.69, 9.17) is 33.7 Å². The molecule has 2 N–H and O–H groups in total. The van der Waals surface area contributed by atoms with E-state index in [1.54, 1.807) is 12.1 Å². The Kier molecular flexibility index (Phi) is 5.23. The molecule has 1 aromatic carbocycles. The summed E-state index contributed by atoms with van der Waals surface area (Å²) in [6, 6.07) is 3.30. The molecular weight excluding hydrogens is 245 g/mol. The summed E-state index contributed by atoms with van der Waals surface area (Å²) < 4.78 is 5.65. The number of halogens is 2. The van der Waals surface area contributed by atoms with Crippen molar-refractivity contribution in [2.24, 2.45) is 5.92 Å². The van der Waals surface area contributed by atoms with Crippen LogP contribution >= 0.6 is 23.2 Å². The summed E-state index contributed by atoms with van der Waals surface area (Å²) in [4.78, 5) is 0. The van der Waals surface area contributed by atoms with Crippen LogP contribution in [-0.2, 0) is 0 Å². The van der Waals surface area contributed by atoms with Crippen molar-refractivity contribution < 1.29 is 4.74 Å². The van der Waals surface area contributed by atoms with Crippen molar-refractivity contribution in [2.45, 2.75) is 26.7 Å². The molecule has 0 aromatic heterocycles. The number of hydrogen-bond acceptors (Lipinski definition) is 2. The zero-order chi connectivity index (χ0) is 12.1. The van der Waals surface area contributed by atoms with Gasteiger partial charge >= 0.3 is 0 Å². The van der Waals surface area contributed by atoms with Gasteiger partial charge in [-0.2, -0.15) is 0 Å². The maximum atomic E-state index is 6.02. The topological polar surface area (TPSA) is 35.2 Å². The first-order valence-corrected chi connectivity index (χ1v) is 6.21. The lowest BCUT2D eigenvalue weighted by molar-refractivity contribution is 0.241. The molecule has 4 heteroatoms. The largest absolute Gasteiger partial charge is 0.490 e. The van der Waals surface area contributed by atoms with Gasteiger partial charge in [-0.1, -0.05) is 49.9 Å². The van der Waals surface area contributed by atoms with Crippen LogP contribution in [0.5, 0.6) is 5.75 Å². The normalized spacial score (nSPS) is 10.8. The number of benzene rings is 1. The molecule has 0 amide bonds. The summed E-state index contributed by atoms with van der Waals surface area (Å²) in [5, 5.41) is 0.937. The molecule has 0 saturated heterocycles. The molecule has 0 atom stereocenters. The zero-order valence-electron chi connectivity index (χ0n) is 9.59. The van der Waals surface area contributed by atoms with Gasteiger partial charge in [-0.25, -0.2) is 0 Å². The quantitative estimate of drug-likeness (QED) is 0.798. The SMILES string of the molecule is CCC(CC)COc1c(Cl)cc(N)cc1Cl. The number of hydrogen-bond donors (Lipinski definition) is 1. The fraction of sp³-hybridized carbons (Fsp3) is 0.500. The number of rotatable bonds is 5. The molecular formula is C12H17Cl2NO. The molecule has 1 aromatic rings. The molecule has 0 radical (unpaired) electrons. The minimum Gasteiger partial charge on any atom is -0.490 e. The van der Waals surface area contributed by atoms with Crippen molar-refractivity contribution in [3.05, 3.63) is 22.2 Å². The summed E-state index contributed by atoms with van der Waals surface area (Å²) in [6.45, 7) is 4.92. The highest BCUT2D eigenvalue weighted by molar-refractivity contribution is 6.37. The summed E-state index contributed by atoms with van der Waals surface area (Å²) >= 11 is 12.0. The van der Waals surface area contributed by atoms with Crippen LogP contribution in [0.2, 0.25) is 10.0 Å². The minimum absolute atomic E-state index is 0.468. The van der Waals surface area contributed by atoms with E-state index >= 15 is 0 Å². The number of anilines is 1. The molecule has 1 rings (SSSR count). The molecule has 0 heterocycles. The van der Waals surface area contributed by atoms with E-state index in [-0.39, 0.29) is 0 Å². The summed E-state index contributed by atoms with van der Waals surface area (Å²) in [5.41, 5.74) is 6.16. The van der Waals surface area contributed by atoms with Gasteiger partial charge in [0.05, 0.1) is 16.7 Å². The van der Waals surface area contributed by atoms with Gasteiger partial charge < -0.3 is 10.5 Å². The van der Waals surface area contributed by atoms with Crippen LogP contribution in [0.3, 0.4) is 0 Å². The van der Waals surface area contributed by atoms with Crippen LogP contribution in [-0.4, -0.2) is 6.61 Å². The lowest BCUT2D eigenvalue weighted by Crippen LogP contribution is -2.10. The lowest BCUT2D eigenvalue weighted by atomic mass is 10.1. The van der Waals surface area contributed by atoms with Crippen LogP contribution in [0, 0.1) is 5.92 Å². The third-order valence-electron chi connectivity index (χ3n) is 2.64. The first kappa shape index (κ1) is 13.5. The second-order valence-electron chi connectivity index (χ2n) is 3.81. The first-order chi connectivity index (χ1) is 7.58. The van der Waals surface area contributed by atoms with Crippen molar-refractivity contribution >= 4 is 28.9 Å². The van der Waals surface area contributed by atoms with Gasteiger partial charge in [-0.3, -0.25) is 0 Å². The van der Waals surface area contributed by atoms with Gasteiger partial charge in [0.2, 0.25) is 0 Å². The van der Waals surface area contributed by atoms with E-state index in [1.807, 2.05) is 0 Å². The van der Waals surface area contributed by atoms with Crippen molar-refractivity contribution in [3.8, 4) is 5.75 Å². The summed E-state index contributed by atoms with van der Waals surface area (Å²) in [7, 11) is 0. The smallest absolute Gasteiger partial charge is 0.156 e. The average Bonchev–Trinajstić information content (AvgIpc) is 2.22. The Morgan fingerprint density at radius 3 is 2.12 bits per heavy atom. The standard InChI is InChI=1S/C12H17Cl2NO/c1-3-8(4-2)7-16-12-10(13)5-9(15)6-11(12)14/h5-6,8H,3-4,7,15H2,1-2H3. The van der Waals surface area contributed by atoms with Gasteiger partial charge in [0.15, 0.2) is 5.75 Å². The lowest BCUT2D eigenvalue weighted by Gasteiger charge is -2.15. The Morgan fingerprint density at radius 1 is 1.19 bits per heavy atom. The van der Waals surface area contributed by atoms with Crippen LogP contribution in [0.1, 0.15) is 26.7 Å². The third kappa shape index (κ3) is 3.46. The maximum absolute atomic E-state index is 6.02. The molecule has 0 aliphatic rings. The van der Waals surface area contributed by atoms with Gasteiger partial charge in [0.1, 0.15) is 0 Å². The van der Waals surface area contributed by atoms with Crippen LogP contribution in [0.4, 0.5) is 5.69 Å². The molecule has 0 saturated carbocycles. The summed E-state index contributed by atoms with van der Waals surface area (Å²) in [5.74, 6) is 1.06. The molecule has 90 valence electrons. The van der Waals surface area contributed by atoms with Crippen molar-refractivity contribution in [1.29, 1.82) is 0 Å². The second kappa shape index (κ2) is 6.21. The van der Waals surface area contributed by atoms with E-state index in [0.717, 1.165) is 12.8 Å².